The van der Waals surface area contributed by atoms with Crippen molar-refractivity contribution in [1.29, 1.82) is 0 Å². The molecular weight excluding hydrogens is 1040 g/mol. The molecule has 10 nitrogen and oxygen atoms in total. The molecule has 400 valence electrons. The highest BCUT2D eigenvalue weighted by atomic mass is 19.4. The van der Waals surface area contributed by atoms with Crippen molar-refractivity contribution in [2.45, 2.75) is 61.2 Å². The summed E-state index contributed by atoms with van der Waals surface area (Å²) in [4.78, 5) is 53.1. The van der Waals surface area contributed by atoms with Gasteiger partial charge in [0.1, 0.15) is 23.0 Å². The summed E-state index contributed by atoms with van der Waals surface area (Å²) >= 11 is 0. The first-order valence-corrected chi connectivity index (χ1v) is 22.8. The molecule has 0 spiro atoms. The monoisotopic (exact) mass is 1080 g/mol. The summed E-state index contributed by atoms with van der Waals surface area (Å²) in [5, 5.41) is 0. The Morgan fingerprint density at radius 3 is 0.618 bits per heavy atom. The molecule has 2 saturated heterocycles. The van der Waals surface area contributed by atoms with Crippen LogP contribution < -0.4 is 18.9 Å². The van der Waals surface area contributed by atoms with E-state index in [4.69, 9.17) is 28.4 Å². The van der Waals surface area contributed by atoms with Gasteiger partial charge in [0.25, 0.3) is 0 Å². The maximum atomic E-state index is 14.9. The lowest BCUT2D eigenvalue weighted by molar-refractivity contribution is -0.290. The van der Waals surface area contributed by atoms with Crippen LogP contribution in [-0.2, 0) is 20.3 Å². The lowest BCUT2D eigenvalue weighted by atomic mass is 9.73. The van der Waals surface area contributed by atoms with E-state index in [0.717, 1.165) is 50.7 Å². The van der Waals surface area contributed by atoms with Crippen molar-refractivity contribution >= 4 is 23.9 Å². The number of hydrogen-bond acceptors (Lipinski definition) is 10. The topological polar surface area (TPSA) is 124 Å². The quantitative estimate of drug-likeness (QED) is 0.0825. The number of rotatable bonds is 0. The average molecular weight is 1080 g/mol. The molecule has 9 aliphatic heterocycles. The van der Waals surface area contributed by atoms with Gasteiger partial charge < -0.3 is 28.4 Å². The van der Waals surface area contributed by atoms with Crippen LogP contribution in [0.1, 0.15) is 89.4 Å². The molecule has 15 rings (SSSR count). The molecule has 0 aliphatic carbocycles. The fourth-order valence-electron chi connectivity index (χ4n) is 8.40. The number of esters is 4. The lowest BCUT2D eigenvalue weighted by Crippen LogP contribution is -2.54. The number of ether oxygens (including phenoxy) is 6. The number of alkyl halides is 12. The summed E-state index contributed by atoms with van der Waals surface area (Å²) in [7, 11) is 0. The number of hydrogen-bond donors (Lipinski definition) is 0. The first kappa shape index (κ1) is 56.0. The van der Waals surface area contributed by atoms with Crippen LogP contribution in [0, 0.1) is 0 Å². The van der Waals surface area contributed by atoms with Crippen LogP contribution in [0.5, 0.6) is 23.0 Å². The van der Waals surface area contributed by atoms with Gasteiger partial charge in [0.15, 0.2) is 0 Å². The third kappa shape index (κ3) is 11.6. The van der Waals surface area contributed by atoms with Crippen LogP contribution >= 0.6 is 0 Å². The van der Waals surface area contributed by atoms with E-state index in [1.807, 2.05) is 0 Å². The molecule has 9 aliphatic rings. The Morgan fingerprint density at radius 1 is 0.289 bits per heavy atom. The average Bonchev–Trinajstić information content (AvgIpc) is 4.16. The maximum Gasteiger partial charge on any atom is 0.411 e. The first-order valence-electron chi connectivity index (χ1n) is 22.8. The molecule has 0 saturated carbocycles. The van der Waals surface area contributed by atoms with Crippen molar-refractivity contribution in [3.63, 3.8) is 0 Å². The van der Waals surface area contributed by atoms with Crippen LogP contribution in [0.25, 0.3) is 0 Å². The minimum atomic E-state index is -6.08. The predicted octanol–water partition coefficient (Wildman–Crippen LogP) is 13.3. The van der Waals surface area contributed by atoms with Crippen molar-refractivity contribution < 1.29 is 100 Å². The molecule has 22 heteroatoms. The molecule has 0 aromatic heterocycles. The van der Waals surface area contributed by atoms with E-state index in [9.17, 15) is 71.9 Å². The van der Waals surface area contributed by atoms with Crippen LogP contribution in [0.15, 0.2) is 146 Å². The molecule has 0 N–H and O–H groups in total. The summed E-state index contributed by atoms with van der Waals surface area (Å²) in [6.45, 7) is 4.00. The SMILES string of the molecule is C1CCOC1.C1CCOC1.O=C1Oc2ccc(cc2)C(C(F)(F)F)(C(F)(F)F)c2ccc(cc2)OC(=O)c2ccccc2C(=O)Oc2ccc(cc2)C(C(F)(F)F)(C(F)(F)F)c2ccc(cc2)OC(=O)c2ccccc21. The Kier molecular flexibility index (Phi) is 16.7. The Morgan fingerprint density at radius 2 is 0.474 bits per heavy atom. The Hall–Kier alpha value is -7.72. The zero-order valence-electron chi connectivity index (χ0n) is 39.1. The van der Waals surface area contributed by atoms with Gasteiger partial charge >= 0.3 is 48.6 Å². The maximum absolute atomic E-state index is 14.9. The predicted molar refractivity (Wildman–Crippen MR) is 244 cm³/mol. The Bertz CT molecular complexity index is 2580. The number of halogens is 12. The molecule has 9 heterocycles. The van der Waals surface area contributed by atoms with Gasteiger partial charge in [-0.1, -0.05) is 72.8 Å². The van der Waals surface area contributed by atoms with Gasteiger partial charge in [-0.15, -0.1) is 0 Å². The van der Waals surface area contributed by atoms with E-state index >= 15 is 0 Å². The van der Waals surface area contributed by atoms with Crippen molar-refractivity contribution in [3.05, 3.63) is 190 Å². The van der Waals surface area contributed by atoms with E-state index in [2.05, 4.69) is 0 Å². The molecule has 0 radical (unpaired) electrons. The second kappa shape index (κ2) is 22.6. The fraction of sp³-hybridized carbons (Fsp3) is 0.259. The van der Waals surface area contributed by atoms with Gasteiger partial charge in [0, 0.05) is 26.4 Å². The zero-order chi connectivity index (χ0) is 55.1. The lowest BCUT2D eigenvalue weighted by Gasteiger charge is -2.38. The molecule has 2 fully saturated rings. The highest BCUT2D eigenvalue weighted by Gasteiger charge is 2.73. The van der Waals surface area contributed by atoms with Crippen LogP contribution in [0.2, 0.25) is 0 Å². The van der Waals surface area contributed by atoms with Crippen LogP contribution in [0.3, 0.4) is 0 Å². The minimum Gasteiger partial charge on any atom is -0.423 e. The largest absolute Gasteiger partial charge is 0.423 e. The van der Waals surface area contributed by atoms with Gasteiger partial charge in [-0.3, -0.25) is 0 Å². The van der Waals surface area contributed by atoms with Gasteiger partial charge in [0.2, 0.25) is 10.8 Å². The highest BCUT2D eigenvalue weighted by molar-refractivity contribution is 6.05. The summed E-state index contributed by atoms with van der Waals surface area (Å²) in [6.07, 6.45) is -19.2. The standard InChI is InChI=1S/C46H24F12O8.2C4H8O/c47-43(48,49)41(44(50,51)52)25-9-17-29(18-10-25)63-37(59)33-5-1-2-6-34(33)38(60)64-30-19-11-26(12-20-30)42(45(53,54)55,46(56,57)58)28-15-23-32(24-16-28)66-40(62)36-8-4-3-7-35(36)39(61)65-31-21-13-27(41)14-22-31;2*1-2-4-5-3-1/h1-24H;2*1-4H2. The summed E-state index contributed by atoms with van der Waals surface area (Å²) < 4.78 is 210. The first-order chi connectivity index (χ1) is 35.9. The Balaban J connectivity index is 0.000000752. The third-order valence-corrected chi connectivity index (χ3v) is 12.1. The van der Waals surface area contributed by atoms with Crippen molar-refractivity contribution in [1.82, 2.24) is 0 Å². The molecule has 0 amide bonds. The second-order valence-electron chi connectivity index (χ2n) is 16.9. The van der Waals surface area contributed by atoms with Crippen LogP contribution in [0.4, 0.5) is 52.7 Å². The van der Waals surface area contributed by atoms with Gasteiger partial charge in [-0.25, -0.2) is 19.2 Å². The number of benzene rings is 6. The summed E-state index contributed by atoms with van der Waals surface area (Å²) in [6, 6.07) is 16.8. The van der Waals surface area contributed by atoms with Gasteiger partial charge in [-0.05, 0) is 121 Å². The molecule has 8 bridgehead atoms. The van der Waals surface area contributed by atoms with Crippen molar-refractivity contribution in [3.8, 4) is 23.0 Å². The third-order valence-electron chi connectivity index (χ3n) is 12.1. The van der Waals surface area contributed by atoms with Gasteiger partial charge in [-0.2, -0.15) is 52.7 Å². The van der Waals surface area contributed by atoms with Gasteiger partial charge in [0.05, 0.1) is 22.3 Å². The van der Waals surface area contributed by atoms with E-state index < -0.39 is 127 Å². The summed E-state index contributed by atoms with van der Waals surface area (Å²) in [5.41, 5.74) is -17.4. The number of carbonyl (C=O) groups is 4. The van der Waals surface area contributed by atoms with Crippen molar-refractivity contribution in [2.24, 2.45) is 0 Å². The summed E-state index contributed by atoms with van der Waals surface area (Å²) in [5.74, 6) is -8.01. The molecule has 0 unspecified atom stereocenters. The smallest absolute Gasteiger partial charge is 0.411 e. The second-order valence-corrected chi connectivity index (χ2v) is 16.9. The number of carbonyl (C=O) groups excluding carboxylic acids is 4. The van der Waals surface area contributed by atoms with E-state index in [1.54, 1.807) is 0 Å². The van der Waals surface area contributed by atoms with E-state index in [-0.39, 0.29) is 0 Å². The van der Waals surface area contributed by atoms with E-state index in [0.29, 0.717) is 97.1 Å². The molecule has 76 heavy (non-hydrogen) atoms. The zero-order valence-corrected chi connectivity index (χ0v) is 39.1. The minimum absolute atomic E-state index is 0.386. The van der Waals surface area contributed by atoms with Crippen molar-refractivity contribution in [2.75, 3.05) is 26.4 Å². The molecule has 0 atom stereocenters. The molecule has 6 aromatic carbocycles. The van der Waals surface area contributed by atoms with Crippen LogP contribution in [-0.4, -0.2) is 75.0 Å². The Labute approximate surface area is 424 Å². The fourth-order valence-corrected chi connectivity index (χ4v) is 8.40. The molecule has 6 aromatic rings. The van der Waals surface area contributed by atoms with E-state index in [1.165, 1.54) is 49.9 Å². The normalized spacial score (nSPS) is 16.9. The molecular formula is C54H40F12O10. The highest BCUT2D eigenvalue weighted by Crippen LogP contribution is 2.58.